The molecule has 0 spiro atoms. The fourth-order valence-corrected chi connectivity index (χ4v) is 1.95. The van der Waals surface area contributed by atoms with Crippen LogP contribution in [0, 0.1) is 0 Å². The van der Waals surface area contributed by atoms with Crippen molar-refractivity contribution in [3.05, 3.63) is 0 Å². The Balaban J connectivity index is 2.43. The molecule has 1 N–H and O–H groups in total. The third-order valence-electron chi connectivity index (χ3n) is 2.92. The van der Waals surface area contributed by atoms with Gasteiger partial charge in [0.25, 0.3) is 0 Å². The number of methoxy groups -OCH3 is 1. The maximum Gasteiger partial charge on any atom is 0.323 e. The fraction of sp³-hybridized carbons (Fsp3) is 0.833. The van der Waals surface area contributed by atoms with Gasteiger partial charge in [0.05, 0.1) is 19.1 Å². The van der Waals surface area contributed by atoms with E-state index in [9.17, 15) is 9.59 Å². The van der Waals surface area contributed by atoms with E-state index in [0.29, 0.717) is 19.8 Å². The summed E-state index contributed by atoms with van der Waals surface area (Å²) in [5.74, 6) is -1.19. The molecule has 104 valence electrons. The molecule has 0 aromatic rings. The van der Waals surface area contributed by atoms with E-state index in [1.54, 1.807) is 0 Å². The minimum Gasteiger partial charge on any atom is -0.480 e. The number of aliphatic carboxylic acids is 1. The van der Waals surface area contributed by atoms with Gasteiger partial charge in [-0.2, -0.15) is 0 Å². The van der Waals surface area contributed by atoms with Crippen LogP contribution in [-0.4, -0.2) is 61.4 Å². The number of amides is 1. The molecule has 6 heteroatoms. The van der Waals surface area contributed by atoms with Crippen molar-refractivity contribution in [2.75, 3.05) is 33.4 Å². The van der Waals surface area contributed by atoms with Gasteiger partial charge in [0.1, 0.15) is 6.54 Å². The average Bonchev–Trinajstić information content (AvgIpc) is 2.35. The van der Waals surface area contributed by atoms with E-state index in [0.717, 1.165) is 19.3 Å². The molecule has 1 atom stereocenters. The van der Waals surface area contributed by atoms with Gasteiger partial charge < -0.3 is 19.5 Å². The summed E-state index contributed by atoms with van der Waals surface area (Å²) in [4.78, 5) is 24.0. The normalized spacial score (nSPS) is 19.5. The summed E-state index contributed by atoms with van der Waals surface area (Å²) in [6, 6.07) is 0. The van der Waals surface area contributed by atoms with Gasteiger partial charge in [-0.15, -0.1) is 0 Å². The molecule has 0 aromatic carbocycles. The van der Waals surface area contributed by atoms with E-state index >= 15 is 0 Å². The standard InChI is InChI=1S/C12H21NO5/c1-17-7-5-13(9-12(15)16)11(14)8-10-4-2-3-6-18-10/h10H,2-9H2,1H3,(H,15,16). The molecule has 1 aliphatic rings. The topological polar surface area (TPSA) is 76.1 Å². The molecule has 1 aliphatic heterocycles. The summed E-state index contributed by atoms with van der Waals surface area (Å²) in [5.41, 5.74) is 0. The van der Waals surface area contributed by atoms with Crippen LogP contribution in [-0.2, 0) is 19.1 Å². The molecule has 1 rings (SSSR count). The highest BCUT2D eigenvalue weighted by Gasteiger charge is 2.22. The Labute approximate surface area is 107 Å². The molecule has 0 aromatic heterocycles. The molecule has 18 heavy (non-hydrogen) atoms. The van der Waals surface area contributed by atoms with E-state index < -0.39 is 5.97 Å². The lowest BCUT2D eigenvalue weighted by atomic mass is 10.1. The third kappa shape index (κ3) is 5.46. The lowest BCUT2D eigenvalue weighted by molar-refractivity contribution is -0.146. The van der Waals surface area contributed by atoms with E-state index in [1.165, 1.54) is 12.0 Å². The first-order valence-corrected chi connectivity index (χ1v) is 6.23. The van der Waals surface area contributed by atoms with Crippen molar-refractivity contribution in [3.63, 3.8) is 0 Å². The van der Waals surface area contributed by atoms with Crippen LogP contribution >= 0.6 is 0 Å². The van der Waals surface area contributed by atoms with E-state index in [-0.39, 0.29) is 25.0 Å². The van der Waals surface area contributed by atoms with Crippen molar-refractivity contribution in [1.29, 1.82) is 0 Å². The van der Waals surface area contributed by atoms with E-state index in [2.05, 4.69) is 0 Å². The van der Waals surface area contributed by atoms with E-state index in [4.69, 9.17) is 14.6 Å². The van der Waals surface area contributed by atoms with Gasteiger partial charge in [-0.1, -0.05) is 0 Å². The van der Waals surface area contributed by atoms with Gasteiger partial charge in [0.2, 0.25) is 5.91 Å². The summed E-state index contributed by atoms with van der Waals surface area (Å²) in [6.45, 7) is 1.04. The molecule has 1 saturated heterocycles. The molecular formula is C12H21NO5. The fourth-order valence-electron chi connectivity index (χ4n) is 1.95. The number of carbonyl (C=O) groups excluding carboxylic acids is 1. The number of hydrogen-bond acceptors (Lipinski definition) is 4. The van der Waals surface area contributed by atoms with Gasteiger partial charge in [0, 0.05) is 20.3 Å². The summed E-state index contributed by atoms with van der Waals surface area (Å²) < 4.78 is 10.4. The average molecular weight is 259 g/mol. The summed E-state index contributed by atoms with van der Waals surface area (Å²) in [5, 5.41) is 8.77. The Kier molecular flexibility index (Phi) is 6.67. The lowest BCUT2D eigenvalue weighted by Gasteiger charge is -2.26. The van der Waals surface area contributed by atoms with Crippen LogP contribution in [0.4, 0.5) is 0 Å². The third-order valence-corrected chi connectivity index (χ3v) is 2.92. The molecule has 0 radical (unpaired) electrons. The summed E-state index contributed by atoms with van der Waals surface area (Å²) in [6.07, 6.45) is 3.17. The van der Waals surface area contributed by atoms with Gasteiger partial charge in [-0.05, 0) is 19.3 Å². The van der Waals surface area contributed by atoms with Crippen LogP contribution in [0.25, 0.3) is 0 Å². The van der Waals surface area contributed by atoms with Crippen molar-refractivity contribution >= 4 is 11.9 Å². The molecule has 0 aliphatic carbocycles. The van der Waals surface area contributed by atoms with Gasteiger partial charge >= 0.3 is 5.97 Å². The molecule has 0 bridgehead atoms. The zero-order valence-corrected chi connectivity index (χ0v) is 10.8. The summed E-state index contributed by atoms with van der Waals surface area (Å²) in [7, 11) is 1.52. The van der Waals surface area contributed by atoms with Crippen molar-refractivity contribution < 1.29 is 24.2 Å². The zero-order chi connectivity index (χ0) is 13.4. The second-order valence-electron chi connectivity index (χ2n) is 4.39. The number of carbonyl (C=O) groups is 2. The number of nitrogens with zero attached hydrogens (tertiary/aromatic N) is 1. The first-order valence-electron chi connectivity index (χ1n) is 6.23. The quantitative estimate of drug-likeness (QED) is 0.720. The van der Waals surface area contributed by atoms with Gasteiger partial charge in [-0.25, -0.2) is 0 Å². The monoisotopic (exact) mass is 259 g/mol. The van der Waals surface area contributed by atoms with Crippen LogP contribution in [0.2, 0.25) is 0 Å². The molecule has 1 amide bonds. The highest BCUT2D eigenvalue weighted by atomic mass is 16.5. The number of ether oxygens (including phenoxy) is 2. The van der Waals surface area contributed by atoms with Crippen LogP contribution in [0.15, 0.2) is 0 Å². The molecule has 0 saturated carbocycles. The Bertz CT molecular complexity index is 276. The number of carboxylic acid groups (broad SMARTS) is 1. The van der Waals surface area contributed by atoms with Crippen LogP contribution in [0.1, 0.15) is 25.7 Å². The Morgan fingerprint density at radius 1 is 1.44 bits per heavy atom. The largest absolute Gasteiger partial charge is 0.480 e. The molecular weight excluding hydrogens is 238 g/mol. The Hall–Kier alpha value is -1.14. The summed E-state index contributed by atoms with van der Waals surface area (Å²) >= 11 is 0. The van der Waals surface area contributed by atoms with E-state index in [1.807, 2.05) is 0 Å². The van der Waals surface area contributed by atoms with Crippen LogP contribution < -0.4 is 0 Å². The van der Waals surface area contributed by atoms with Crippen molar-refractivity contribution in [2.45, 2.75) is 31.8 Å². The minimum absolute atomic E-state index is 0.0647. The molecule has 1 heterocycles. The predicted octanol–water partition coefficient (Wildman–Crippen LogP) is 0.505. The lowest BCUT2D eigenvalue weighted by Crippen LogP contribution is -2.40. The van der Waals surface area contributed by atoms with Crippen molar-refractivity contribution in [1.82, 2.24) is 4.90 Å². The highest BCUT2D eigenvalue weighted by Crippen LogP contribution is 2.16. The second-order valence-corrected chi connectivity index (χ2v) is 4.39. The Morgan fingerprint density at radius 3 is 2.78 bits per heavy atom. The van der Waals surface area contributed by atoms with Crippen molar-refractivity contribution in [3.8, 4) is 0 Å². The molecule has 6 nitrogen and oxygen atoms in total. The van der Waals surface area contributed by atoms with Gasteiger partial charge in [0.15, 0.2) is 0 Å². The van der Waals surface area contributed by atoms with Crippen molar-refractivity contribution in [2.24, 2.45) is 0 Å². The smallest absolute Gasteiger partial charge is 0.323 e. The SMILES string of the molecule is COCCN(CC(=O)O)C(=O)CC1CCCCO1. The number of hydrogen-bond donors (Lipinski definition) is 1. The molecule has 1 unspecified atom stereocenters. The van der Waals surface area contributed by atoms with Gasteiger partial charge in [-0.3, -0.25) is 9.59 Å². The van der Waals surface area contributed by atoms with Crippen LogP contribution in [0.3, 0.4) is 0 Å². The number of carboxylic acids is 1. The first-order chi connectivity index (χ1) is 8.63. The first kappa shape index (κ1) is 14.9. The highest BCUT2D eigenvalue weighted by molar-refractivity contribution is 5.81. The molecule has 1 fully saturated rings. The Morgan fingerprint density at radius 2 is 2.22 bits per heavy atom. The maximum absolute atomic E-state index is 12.0. The minimum atomic E-state index is -1.01. The maximum atomic E-state index is 12.0. The number of rotatable bonds is 7. The second kappa shape index (κ2) is 8.05. The zero-order valence-electron chi connectivity index (χ0n) is 10.8. The predicted molar refractivity (Wildman–Crippen MR) is 64.3 cm³/mol. The van der Waals surface area contributed by atoms with Crippen LogP contribution in [0.5, 0.6) is 0 Å².